The zero-order valence-corrected chi connectivity index (χ0v) is 17.9. The Bertz CT molecular complexity index is 1140. The monoisotopic (exact) mass is 433 g/mol. The molecule has 1 heterocycles. The maximum atomic E-state index is 12.7. The van der Waals surface area contributed by atoms with Gasteiger partial charge in [-0.2, -0.15) is 0 Å². The van der Waals surface area contributed by atoms with Crippen molar-refractivity contribution >= 4 is 28.7 Å². The number of methoxy groups -OCH3 is 1. The Morgan fingerprint density at radius 3 is 2.58 bits per heavy atom. The van der Waals surface area contributed by atoms with Gasteiger partial charge in [-0.1, -0.05) is 54.2 Å². The van der Waals surface area contributed by atoms with Crippen LogP contribution in [0.4, 0.5) is 0 Å². The fourth-order valence-electron chi connectivity index (χ4n) is 3.17. The van der Waals surface area contributed by atoms with Gasteiger partial charge in [-0.05, 0) is 35.9 Å². The van der Waals surface area contributed by atoms with Crippen LogP contribution in [0.25, 0.3) is 11.0 Å². The molecule has 4 aromatic rings. The lowest BCUT2D eigenvalue weighted by Crippen LogP contribution is -2.28. The number of H-pyrrole nitrogens is 1. The Balaban J connectivity index is 1.33. The van der Waals surface area contributed by atoms with Gasteiger partial charge >= 0.3 is 0 Å². The van der Waals surface area contributed by atoms with Gasteiger partial charge in [0.25, 0.3) is 5.91 Å². The van der Waals surface area contributed by atoms with Gasteiger partial charge in [0.2, 0.25) is 0 Å². The van der Waals surface area contributed by atoms with Crippen molar-refractivity contribution in [3.63, 3.8) is 0 Å². The third kappa shape index (κ3) is 5.19. The highest BCUT2D eigenvalue weighted by Crippen LogP contribution is 2.26. The maximum Gasteiger partial charge on any atom is 0.251 e. The van der Waals surface area contributed by atoms with Crippen LogP contribution in [0.5, 0.6) is 11.5 Å². The van der Waals surface area contributed by atoms with Crippen LogP contribution in [-0.2, 0) is 5.75 Å². The van der Waals surface area contributed by atoms with Gasteiger partial charge in [-0.3, -0.25) is 4.79 Å². The molecule has 0 aliphatic rings. The molecule has 0 atom stereocenters. The van der Waals surface area contributed by atoms with Gasteiger partial charge in [0.1, 0.15) is 6.61 Å². The van der Waals surface area contributed by atoms with E-state index < -0.39 is 0 Å². The molecule has 6 nitrogen and oxygen atoms in total. The third-order valence-corrected chi connectivity index (χ3v) is 5.63. The van der Waals surface area contributed by atoms with E-state index in [2.05, 4.69) is 15.3 Å². The summed E-state index contributed by atoms with van der Waals surface area (Å²) in [6, 6.07) is 23.0. The molecule has 1 amide bonds. The van der Waals surface area contributed by atoms with E-state index in [0.717, 1.165) is 21.8 Å². The molecular weight excluding hydrogens is 410 g/mol. The SMILES string of the molecule is COc1ccccc1OCCNC(=O)c1ccccc1CSc1nc2ccccc2[nH]1. The van der Waals surface area contributed by atoms with Crippen LogP contribution >= 0.6 is 11.8 Å². The molecule has 0 saturated heterocycles. The topological polar surface area (TPSA) is 76.2 Å². The Hall–Kier alpha value is -3.45. The Morgan fingerprint density at radius 2 is 1.74 bits per heavy atom. The molecule has 0 bridgehead atoms. The first-order valence-corrected chi connectivity index (χ1v) is 10.9. The van der Waals surface area contributed by atoms with E-state index in [9.17, 15) is 4.79 Å². The molecule has 2 N–H and O–H groups in total. The van der Waals surface area contributed by atoms with Gasteiger partial charge in [0.05, 0.1) is 24.7 Å². The summed E-state index contributed by atoms with van der Waals surface area (Å²) in [7, 11) is 1.60. The molecule has 0 aliphatic carbocycles. The van der Waals surface area contributed by atoms with Crippen molar-refractivity contribution in [2.45, 2.75) is 10.9 Å². The maximum absolute atomic E-state index is 12.7. The smallest absolute Gasteiger partial charge is 0.251 e. The number of imidazole rings is 1. The lowest BCUT2D eigenvalue weighted by Gasteiger charge is -2.12. The van der Waals surface area contributed by atoms with Crippen LogP contribution < -0.4 is 14.8 Å². The quantitative estimate of drug-likeness (QED) is 0.296. The van der Waals surface area contributed by atoms with E-state index in [4.69, 9.17) is 9.47 Å². The van der Waals surface area contributed by atoms with Crippen molar-refractivity contribution in [2.24, 2.45) is 0 Å². The molecule has 0 radical (unpaired) electrons. The van der Waals surface area contributed by atoms with Gasteiger partial charge in [0.15, 0.2) is 16.7 Å². The summed E-state index contributed by atoms with van der Waals surface area (Å²) in [5, 5.41) is 3.76. The number of nitrogens with one attached hydrogen (secondary N) is 2. The summed E-state index contributed by atoms with van der Waals surface area (Å²) in [5.74, 6) is 1.84. The number of hydrogen-bond acceptors (Lipinski definition) is 5. The van der Waals surface area contributed by atoms with Crippen molar-refractivity contribution in [2.75, 3.05) is 20.3 Å². The molecule has 1 aromatic heterocycles. The van der Waals surface area contributed by atoms with E-state index in [1.54, 1.807) is 18.9 Å². The van der Waals surface area contributed by atoms with E-state index in [-0.39, 0.29) is 5.91 Å². The second kappa shape index (κ2) is 10.0. The van der Waals surface area contributed by atoms with Gasteiger partial charge < -0.3 is 19.8 Å². The minimum Gasteiger partial charge on any atom is -0.493 e. The lowest BCUT2D eigenvalue weighted by molar-refractivity contribution is 0.0946. The third-order valence-electron chi connectivity index (χ3n) is 4.71. The molecule has 0 unspecified atom stereocenters. The molecule has 0 aliphatic heterocycles. The first-order chi connectivity index (χ1) is 15.2. The van der Waals surface area contributed by atoms with Crippen molar-refractivity contribution in [1.82, 2.24) is 15.3 Å². The predicted molar refractivity (Wildman–Crippen MR) is 123 cm³/mol. The number of hydrogen-bond donors (Lipinski definition) is 2. The summed E-state index contributed by atoms with van der Waals surface area (Å²) >= 11 is 1.58. The first-order valence-electron chi connectivity index (χ1n) is 9.94. The molecule has 0 spiro atoms. The highest BCUT2D eigenvalue weighted by atomic mass is 32.2. The van der Waals surface area contributed by atoms with Gasteiger partial charge in [0, 0.05) is 11.3 Å². The summed E-state index contributed by atoms with van der Waals surface area (Å²) in [6.07, 6.45) is 0. The standard InChI is InChI=1S/C24H23N3O3S/c1-29-21-12-6-7-13-22(21)30-15-14-25-23(28)18-9-3-2-8-17(18)16-31-24-26-19-10-4-5-11-20(19)27-24/h2-13H,14-16H2,1H3,(H,25,28)(H,26,27). The Kier molecular flexibility index (Phi) is 6.74. The normalized spacial score (nSPS) is 10.7. The number of ether oxygens (including phenoxy) is 2. The number of carbonyl (C=O) groups excluding carboxylic acids is 1. The molecule has 31 heavy (non-hydrogen) atoms. The summed E-state index contributed by atoms with van der Waals surface area (Å²) in [5.41, 5.74) is 3.55. The number of rotatable bonds is 9. The second-order valence-electron chi connectivity index (χ2n) is 6.76. The Labute approximate surface area is 185 Å². The molecule has 0 saturated carbocycles. The van der Waals surface area contributed by atoms with E-state index >= 15 is 0 Å². The number of thioether (sulfide) groups is 1. The van der Waals surface area contributed by atoms with Crippen molar-refractivity contribution < 1.29 is 14.3 Å². The highest BCUT2D eigenvalue weighted by molar-refractivity contribution is 7.98. The fraction of sp³-hybridized carbons (Fsp3) is 0.167. The van der Waals surface area contributed by atoms with Crippen molar-refractivity contribution in [3.8, 4) is 11.5 Å². The zero-order valence-electron chi connectivity index (χ0n) is 17.1. The summed E-state index contributed by atoms with van der Waals surface area (Å²) in [6.45, 7) is 0.740. The molecule has 4 rings (SSSR count). The van der Waals surface area contributed by atoms with E-state index in [0.29, 0.717) is 36.0 Å². The number of amides is 1. The number of aromatic nitrogens is 2. The van der Waals surface area contributed by atoms with Crippen molar-refractivity contribution in [1.29, 1.82) is 0 Å². The van der Waals surface area contributed by atoms with Crippen LogP contribution in [0.1, 0.15) is 15.9 Å². The van der Waals surface area contributed by atoms with Crippen LogP contribution in [-0.4, -0.2) is 36.1 Å². The largest absolute Gasteiger partial charge is 0.493 e. The van der Waals surface area contributed by atoms with E-state index in [1.807, 2.05) is 72.8 Å². The summed E-state index contributed by atoms with van der Waals surface area (Å²) in [4.78, 5) is 20.6. The van der Waals surface area contributed by atoms with E-state index in [1.165, 1.54) is 0 Å². The van der Waals surface area contributed by atoms with Crippen molar-refractivity contribution in [3.05, 3.63) is 83.9 Å². The number of benzene rings is 3. The number of para-hydroxylation sites is 4. The summed E-state index contributed by atoms with van der Waals surface area (Å²) < 4.78 is 11.0. The van der Waals surface area contributed by atoms with Gasteiger partial charge in [-0.25, -0.2) is 4.98 Å². The highest BCUT2D eigenvalue weighted by Gasteiger charge is 2.12. The minimum atomic E-state index is -0.121. The number of nitrogens with zero attached hydrogens (tertiary/aromatic N) is 1. The fourth-order valence-corrected chi connectivity index (χ4v) is 4.06. The van der Waals surface area contributed by atoms with Crippen LogP contribution in [0.3, 0.4) is 0 Å². The molecular formula is C24H23N3O3S. The molecule has 3 aromatic carbocycles. The second-order valence-corrected chi connectivity index (χ2v) is 7.72. The molecule has 0 fully saturated rings. The number of fused-ring (bicyclic) bond motifs is 1. The van der Waals surface area contributed by atoms with Crippen LogP contribution in [0.2, 0.25) is 0 Å². The number of aromatic amines is 1. The lowest BCUT2D eigenvalue weighted by atomic mass is 10.1. The zero-order chi connectivity index (χ0) is 21.5. The first kappa shape index (κ1) is 20.8. The van der Waals surface area contributed by atoms with Crippen LogP contribution in [0, 0.1) is 0 Å². The average Bonchev–Trinajstić information content (AvgIpc) is 3.24. The van der Waals surface area contributed by atoms with Gasteiger partial charge in [-0.15, -0.1) is 0 Å². The average molecular weight is 434 g/mol. The Morgan fingerprint density at radius 1 is 1.00 bits per heavy atom. The minimum absolute atomic E-state index is 0.121. The molecule has 7 heteroatoms. The predicted octanol–water partition coefficient (Wildman–Crippen LogP) is 4.67. The number of carbonyl (C=O) groups is 1. The molecule has 158 valence electrons. The van der Waals surface area contributed by atoms with Crippen LogP contribution in [0.15, 0.2) is 78.0 Å².